The molecule has 2 aromatic heterocycles. The van der Waals surface area contributed by atoms with E-state index in [2.05, 4.69) is 15.0 Å². The van der Waals surface area contributed by atoms with Crippen molar-refractivity contribution in [1.29, 1.82) is 0 Å². The Kier molecular flexibility index (Phi) is 11.1. The summed E-state index contributed by atoms with van der Waals surface area (Å²) in [5.74, 6) is 0.560. The zero-order valence-electron chi connectivity index (χ0n) is 28.1. The Bertz CT molecular complexity index is 1620. The van der Waals surface area contributed by atoms with Gasteiger partial charge in [-0.25, -0.2) is 15.0 Å². The second kappa shape index (κ2) is 15.2. The molecule has 0 amide bonds. The standard InChI is InChI=1S/C35H39F9N6O2/c36-33(37,38)26-12-23(13-27(15-26)34(39,40)41)19-49(32-46-17-29(18-47-32)48-8-10-52-11-9-48)20-25-14-28(35(42,43)44)16-45-31(25)50-7-1-2-30(50)24-5-3-22(21-51)4-6-24/h12-18,22,24,30,51H,1-11,19-21H2. The molecule has 1 atom stereocenters. The van der Waals surface area contributed by atoms with Gasteiger partial charge >= 0.3 is 18.5 Å². The van der Waals surface area contributed by atoms with E-state index in [-0.39, 0.29) is 53.4 Å². The van der Waals surface area contributed by atoms with Crippen molar-refractivity contribution in [2.75, 3.05) is 54.2 Å². The third kappa shape index (κ3) is 8.84. The lowest BCUT2D eigenvalue weighted by Crippen LogP contribution is -2.39. The van der Waals surface area contributed by atoms with Crippen LogP contribution in [-0.2, 0) is 36.4 Å². The minimum atomic E-state index is -5.10. The molecule has 0 spiro atoms. The summed E-state index contributed by atoms with van der Waals surface area (Å²) in [5, 5.41) is 9.63. The van der Waals surface area contributed by atoms with Gasteiger partial charge in [-0.05, 0) is 80.2 Å². The molecule has 3 aromatic rings. The predicted molar refractivity (Wildman–Crippen MR) is 174 cm³/mol. The van der Waals surface area contributed by atoms with Gasteiger partial charge in [0.05, 0.1) is 48.0 Å². The van der Waals surface area contributed by atoms with Crippen LogP contribution in [0.25, 0.3) is 0 Å². The van der Waals surface area contributed by atoms with Crippen LogP contribution in [0, 0.1) is 11.8 Å². The molecule has 284 valence electrons. The molecule has 1 aliphatic carbocycles. The summed E-state index contributed by atoms with van der Waals surface area (Å²) >= 11 is 0. The molecule has 2 aliphatic heterocycles. The number of alkyl halides is 9. The monoisotopic (exact) mass is 746 g/mol. The average Bonchev–Trinajstić information content (AvgIpc) is 3.60. The van der Waals surface area contributed by atoms with E-state index in [9.17, 15) is 44.6 Å². The number of hydrogen-bond donors (Lipinski definition) is 1. The van der Waals surface area contributed by atoms with Gasteiger partial charge in [-0.15, -0.1) is 0 Å². The van der Waals surface area contributed by atoms with Gasteiger partial charge in [0.25, 0.3) is 0 Å². The molecule has 6 rings (SSSR count). The quantitative estimate of drug-likeness (QED) is 0.223. The number of morpholine rings is 1. The minimum Gasteiger partial charge on any atom is -0.396 e. The number of pyridine rings is 1. The number of aliphatic hydroxyl groups is 1. The van der Waals surface area contributed by atoms with Crippen LogP contribution in [0.15, 0.2) is 42.9 Å². The Morgan fingerprint density at radius 1 is 0.712 bits per heavy atom. The zero-order chi connectivity index (χ0) is 37.3. The highest BCUT2D eigenvalue weighted by molar-refractivity contribution is 5.53. The first kappa shape index (κ1) is 37.9. The maximum absolute atomic E-state index is 14.1. The zero-order valence-corrected chi connectivity index (χ0v) is 28.1. The van der Waals surface area contributed by atoms with E-state index < -0.39 is 48.3 Å². The van der Waals surface area contributed by atoms with Gasteiger partial charge in [0.2, 0.25) is 5.95 Å². The second-order valence-corrected chi connectivity index (χ2v) is 13.7. The average molecular weight is 747 g/mol. The second-order valence-electron chi connectivity index (χ2n) is 13.7. The van der Waals surface area contributed by atoms with Crippen LogP contribution < -0.4 is 14.7 Å². The molecule has 8 nitrogen and oxygen atoms in total. The van der Waals surface area contributed by atoms with Crippen molar-refractivity contribution >= 4 is 17.5 Å². The Morgan fingerprint density at radius 2 is 1.33 bits per heavy atom. The fourth-order valence-electron chi connectivity index (χ4n) is 7.53. The highest BCUT2D eigenvalue weighted by Gasteiger charge is 2.39. The van der Waals surface area contributed by atoms with Crippen molar-refractivity contribution in [2.24, 2.45) is 11.8 Å². The number of halogens is 9. The fraction of sp³-hybridized carbons (Fsp3) is 0.571. The smallest absolute Gasteiger partial charge is 0.396 e. The number of aromatic nitrogens is 3. The van der Waals surface area contributed by atoms with Gasteiger partial charge in [0.1, 0.15) is 5.82 Å². The minimum absolute atomic E-state index is 0.0256. The summed E-state index contributed by atoms with van der Waals surface area (Å²) in [6.45, 7) is 1.59. The molecular weight excluding hydrogens is 707 g/mol. The molecule has 4 heterocycles. The van der Waals surface area contributed by atoms with Gasteiger partial charge in [0, 0.05) is 57.1 Å². The van der Waals surface area contributed by atoms with Crippen LogP contribution in [0.5, 0.6) is 0 Å². The molecule has 1 aromatic carbocycles. The molecule has 1 N–H and O–H groups in total. The van der Waals surface area contributed by atoms with Gasteiger partial charge in [-0.1, -0.05) is 0 Å². The highest BCUT2D eigenvalue weighted by atomic mass is 19.4. The van der Waals surface area contributed by atoms with Crippen LogP contribution in [0.4, 0.5) is 57.0 Å². The maximum atomic E-state index is 14.1. The van der Waals surface area contributed by atoms with E-state index in [4.69, 9.17) is 4.74 Å². The van der Waals surface area contributed by atoms with E-state index in [0.717, 1.165) is 50.8 Å². The first-order chi connectivity index (χ1) is 24.6. The van der Waals surface area contributed by atoms with Crippen LogP contribution >= 0.6 is 0 Å². The van der Waals surface area contributed by atoms with Gasteiger partial charge in [-0.2, -0.15) is 39.5 Å². The highest BCUT2D eigenvalue weighted by Crippen LogP contribution is 2.41. The Morgan fingerprint density at radius 3 is 1.90 bits per heavy atom. The summed E-state index contributed by atoms with van der Waals surface area (Å²) in [4.78, 5) is 18.3. The van der Waals surface area contributed by atoms with E-state index in [0.29, 0.717) is 50.7 Å². The van der Waals surface area contributed by atoms with Crippen molar-refractivity contribution in [2.45, 2.75) is 76.2 Å². The molecule has 3 aliphatic rings. The predicted octanol–water partition coefficient (Wildman–Crippen LogP) is 7.74. The maximum Gasteiger partial charge on any atom is 0.417 e. The summed E-state index contributed by atoms with van der Waals surface area (Å²) in [6.07, 6.45) is -6.49. The molecule has 52 heavy (non-hydrogen) atoms. The number of benzene rings is 1. The van der Waals surface area contributed by atoms with Gasteiger partial charge in [-0.3, -0.25) is 0 Å². The van der Waals surface area contributed by atoms with Gasteiger partial charge < -0.3 is 24.5 Å². The third-order valence-corrected chi connectivity index (χ3v) is 10.2. The lowest BCUT2D eigenvalue weighted by Gasteiger charge is -2.38. The Labute approximate surface area is 294 Å². The summed E-state index contributed by atoms with van der Waals surface area (Å²) < 4.78 is 131. The molecule has 0 bridgehead atoms. The molecule has 17 heteroatoms. The van der Waals surface area contributed by atoms with Gasteiger partial charge in [0.15, 0.2) is 0 Å². The molecule has 0 radical (unpaired) electrons. The normalized spacial score (nSPS) is 21.8. The lowest BCUT2D eigenvalue weighted by molar-refractivity contribution is -0.143. The molecule has 1 saturated carbocycles. The van der Waals surface area contributed by atoms with Crippen molar-refractivity contribution in [1.82, 2.24) is 15.0 Å². The van der Waals surface area contributed by atoms with E-state index in [1.54, 1.807) is 0 Å². The van der Waals surface area contributed by atoms with Crippen molar-refractivity contribution < 1.29 is 49.4 Å². The third-order valence-electron chi connectivity index (χ3n) is 10.2. The molecule has 1 unspecified atom stereocenters. The number of anilines is 3. The van der Waals surface area contributed by atoms with Crippen LogP contribution in [0.2, 0.25) is 0 Å². The summed E-state index contributed by atoms with van der Waals surface area (Å²) in [5.41, 5.74) is -3.79. The Hall–Kier alpha value is -3.86. The van der Waals surface area contributed by atoms with E-state index in [1.807, 2.05) is 9.80 Å². The van der Waals surface area contributed by atoms with E-state index >= 15 is 0 Å². The number of rotatable bonds is 9. The number of ether oxygens (including phenoxy) is 1. The number of aliphatic hydroxyl groups excluding tert-OH is 1. The summed E-state index contributed by atoms with van der Waals surface area (Å²) in [7, 11) is 0. The van der Waals surface area contributed by atoms with Crippen LogP contribution in [0.3, 0.4) is 0 Å². The fourth-order valence-corrected chi connectivity index (χ4v) is 7.53. The topological polar surface area (TPSA) is 77.9 Å². The number of nitrogens with zero attached hydrogens (tertiary/aromatic N) is 6. The first-order valence-electron chi connectivity index (χ1n) is 17.2. The number of hydrogen-bond acceptors (Lipinski definition) is 8. The largest absolute Gasteiger partial charge is 0.417 e. The van der Waals surface area contributed by atoms with Crippen molar-refractivity contribution in [3.05, 3.63) is 70.7 Å². The van der Waals surface area contributed by atoms with Crippen molar-refractivity contribution in [3.63, 3.8) is 0 Å². The molecular formula is C35H39F9N6O2. The lowest BCUT2D eigenvalue weighted by atomic mass is 9.78. The van der Waals surface area contributed by atoms with Crippen LogP contribution in [0.1, 0.15) is 66.3 Å². The van der Waals surface area contributed by atoms with Crippen LogP contribution in [-0.4, -0.2) is 65.6 Å². The van der Waals surface area contributed by atoms with Crippen molar-refractivity contribution in [3.8, 4) is 0 Å². The SMILES string of the molecule is OCC1CCC(C2CCCN2c2ncc(C(F)(F)F)cc2CN(Cc2cc(C(F)(F)F)cc(C(F)(F)F)c2)c2ncc(N3CCOCC3)cn2)CC1. The Balaban J connectivity index is 1.40. The first-order valence-corrected chi connectivity index (χ1v) is 17.2. The summed E-state index contributed by atoms with van der Waals surface area (Å²) in [6, 6.07) is 2.10. The molecule has 3 fully saturated rings. The molecule has 2 saturated heterocycles. The van der Waals surface area contributed by atoms with E-state index in [1.165, 1.54) is 17.3 Å².